The van der Waals surface area contributed by atoms with Gasteiger partial charge < -0.3 is 9.47 Å². The summed E-state index contributed by atoms with van der Waals surface area (Å²) in [4.78, 5) is 15.8. The van der Waals surface area contributed by atoms with Gasteiger partial charge in [0.15, 0.2) is 0 Å². The third-order valence-electron chi connectivity index (χ3n) is 3.62. The van der Waals surface area contributed by atoms with Gasteiger partial charge in [0.05, 0.1) is 37.6 Å². The van der Waals surface area contributed by atoms with Crippen molar-refractivity contribution in [1.29, 1.82) is 0 Å². The highest BCUT2D eigenvalue weighted by molar-refractivity contribution is 7.13. The molecule has 1 N–H and O–H groups in total. The number of hydrogen-bond donors (Lipinski definition) is 1. The second-order valence-corrected chi connectivity index (χ2v) is 6.63. The van der Waals surface area contributed by atoms with E-state index in [4.69, 9.17) is 9.47 Å². The molecule has 0 saturated heterocycles. The van der Waals surface area contributed by atoms with Crippen molar-refractivity contribution in [2.45, 2.75) is 46.3 Å². The average Bonchev–Trinajstić information content (AvgIpc) is 3.07. The van der Waals surface area contributed by atoms with Gasteiger partial charge in [-0.1, -0.05) is 25.1 Å². The molecule has 1 aromatic heterocycles. The minimum atomic E-state index is -0.274. The molecule has 0 aliphatic carbocycles. The number of aromatic nitrogens is 1. The van der Waals surface area contributed by atoms with Crippen LogP contribution < -0.4 is 5.43 Å². The zero-order valence-corrected chi connectivity index (χ0v) is 16.2. The van der Waals surface area contributed by atoms with Crippen molar-refractivity contribution in [2.24, 2.45) is 5.10 Å². The summed E-state index contributed by atoms with van der Waals surface area (Å²) in [6, 6.07) is 8.04. The fraction of sp³-hybridized carbons (Fsp3) is 0.421. The minimum Gasteiger partial charge on any atom is -0.466 e. The molecule has 0 aliphatic rings. The molecule has 0 fully saturated rings. The first-order valence-corrected chi connectivity index (χ1v) is 9.58. The summed E-state index contributed by atoms with van der Waals surface area (Å²) in [6.07, 6.45) is 3.16. The number of nitrogens with zero attached hydrogens (tertiary/aromatic N) is 2. The lowest BCUT2D eigenvalue weighted by molar-refractivity contribution is -0.142. The van der Waals surface area contributed by atoms with Gasteiger partial charge in [-0.15, -0.1) is 11.3 Å². The molecule has 2 rings (SSSR count). The Morgan fingerprint density at radius 1 is 1.42 bits per heavy atom. The molecule has 0 amide bonds. The second-order valence-electron chi connectivity index (χ2n) is 5.77. The average molecular weight is 375 g/mol. The van der Waals surface area contributed by atoms with Gasteiger partial charge in [0.2, 0.25) is 5.13 Å². The second kappa shape index (κ2) is 10.7. The van der Waals surface area contributed by atoms with Crippen LogP contribution >= 0.6 is 11.3 Å². The van der Waals surface area contributed by atoms with E-state index in [0.29, 0.717) is 24.0 Å². The molecule has 0 aliphatic heterocycles. The summed E-state index contributed by atoms with van der Waals surface area (Å²) in [5, 5.41) is 6.67. The lowest BCUT2D eigenvalue weighted by atomic mass is 10.1. The van der Waals surface area contributed by atoms with Gasteiger partial charge >= 0.3 is 5.97 Å². The summed E-state index contributed by atoms with van der Waals surface area (Å²) in [5.74, 6) is -0.274. The third kappa shape index (κ3) is 6.93. The third-order valence-corrected chi connectivity index (χ3v) is 4.41. The van der Waals surface area contributed by atoms with E-state index < -0.39 is 0 Å². The van der Waals surface area contributed by atoms with E-state index in [1.54, 1.807) is 13.1 Å². The molecular formula is C19H25N3O3S. The maximum absolute atomic E-state index is 11.4. The van der Waals surface area contributed by atoms with E-state index in [1.165, 1.54) is 11.3 Å². The Kier molecular flexibility index (Phi) is 8.24. The number of nitrogens with one attached hydrogen (secondary N) is 1. The van der Waals surface area contributed by atoms with Crippen LogP contribution in [0.5, 0.6) is 0 Å². The zero-order valence-electron chi connectivity index (χ0n) is 15.4. The van der Waals surface area contributed by atoms with Gasteiger partial charge in [0, 0.05) is 5.38 Å². The highest BCUT2D eigenvalue weighted by atomic mass is 32.1. The summed E-state index contributed by atoms with van der Waals surface area (Å²) >= 11 is 1.40. The predicted octanol–water partition coefficient (Wildman–Crippen LogP) is 4.01. The largest absolute Gasteiger partial charge is 0.466 e. The molecule has 140 valence electrons. The van der Waals surface area contributed by atoms with Crippen molar-refractivity contribution < 1.29 is 14.3 Å². The van der Waals surface area contributed by atoms with Crippen LogP contribution in [0.4, 0.5) is 5.13 Å². The topological polar surface area (TPSA) is 72.8 Å². The number of hydrazone groups is 1. The number of thiazole rings is 1. The first-order valence-electron chi connectivity index (χ1n) is 8.70. The maximum Gasteiger partial charge on any atom is 0.311 e. The molecule has 1 heterocycles. The molecular weight excluding hydrogens is 350 g/mol. The van der Waals surface area contributed by atoms with Crippen molar-refractivity contribution in [2.75, 3.05) is 12.0 Å². The molecule has 0 bridgehead atoms. The summed E-state index contributed by atoms with van der Waals surface area (Å²) < 4.78 is 10.7. The Morgan fingerprint density at radius 2 is 2.27 bits per heavy atom. The highest BCUT2D eigenvalue weighted by Crippen LogP contribution is 2.16. The Bertz CT molecular complexity index is 730. The first-order chi connectivity index (χ1) is 12.6. The van der Waals surface area contributed by atoms with Crippen molar-refractivity contribution in [3.63, 3.8) is 0 Å². The van der Waals surface area contributed by atoms with E-state index in [1.807, 2.05) is 29.6 Å². The van der Waals surface area contributed by atoms with E-state index >= 15 is 0 Å². The Morgan fingerprint density at radius 3 is 3.04 bits per heavy atom. The van der Waals surface area contributed by atoms with Crippen LogP contribution in [0, 0.1) is 0 Å². The van der Waals surface area contributed by atoms with Gasteiger partial charge in [-0.05, 0) is 37.5 Å². The minimum absolute atomic E-state index is 0.175. The van der Waals surface area contributed by atoms with E-state index in [0.717, 1.165) is 17.5 Å². The van der Waals surface area contributed by atoms with Gasteiger partial charge in [-0.2, -0.15) is 5.10 Å². The zero-order chi connectivity index (χ0) is 18.8. The monoisotopic (exact) mass is 375 g/mol. The summed E-state index contributed by atoms with van der Waals surface area (Å²) in [5.41, 5.74) is 5.66. The van der Waals surface area contributed by atoms with Gasteiger partial charge in [-0.25, -0.2) is 4.98 Å². The molecule has 6 nitrogen and oxygen atoms in total. The molecule has 0 saturated carbocycles. The lowest BCUT2D eigenvalue weighted by Crippen LogP contribution is -2.07. The van der Waals surface area contributed by atoms with E-state index in [-0.39, 0.29) is 18.5 Å². The van der Waals surface area contributed by atoms with Crippen LogP contribution in [-0.2, 0) is 27.3 Å². The molecule has 1 atom stereocenters. The fourth-order valence-corrected chi connectivity index (χ4v) is 2.74. The molecule has 1 unspecified atom stereocenters. The summed E-state index contributed by atoms with van der Waals surface area (Å²) in [7, 11) is 0. The Labute approximate surface area is 158 Å². The van der Waals surface area contributed by atoms with Crippen LogP contribution in [0.15, 0.2) is 34.7 Å². The smallest absolute Gasteiger partial charge is 0.311 e. The molecule has 26 heavy (non-hydrogen) atoms. The Hall–Kier alpha value is -2.25. The van der Waals surface area contributed by atoms with Crippen molar-refractivity contribution in [3.8, 4) is 0 Å². The van der Waals surface area contributed by atoms with Crippen LogP contribution in [0.2, 0.25) is 0 Å². The SMILES string of the molecule is CCOC(=O)Cc1csc(NN=Cc2cccc(COC(C)CC)c2)n1. The molecule has 1 aromatic carbocycles. The van der Waals surface area contributed by atoms with Crippen molar-refractivity contribution in [3.05, 3.63) is 46.5 Å². The molecule has 7 heteroatoms. The predicted molar refractivity (Wildman–Crippen MR) is 105 cm³/mol. The molecule has 0 spiro atoms. The summed E-state index contributed by atoms with van der Waals surface area (Å²) in [6.45, 7) is 6.93. The van der Waals surface area contributed by atoms with Gasteiger partial charge in [-0.3, -0.25) is 10.2 Å². The van der Waals surface area contributed by atoms with Gasteiger partial charge in [0.25, 0.3) is 0 Å². The molecule has 2 aromatic rings. The van der Waals surface area contributed by atoms with E-state index in [2.05, 4.69) is 29.4 Å². The number of esters is 1. The Balaban J connectivity index is 1.86. The van der Waals surface area contributed by atoms with Gasteiger partial charge in [0.1, 0.15) is 0 Å². The number of hydrogen-bond acceptors (Lipinski definition) is 7. The highest BCUT2D eigenvalue weighted by Gasteiger charge is 2.07. The number of carbonyl (C=O) groups excluding carboxylic acids is 1. The van der Waals surface area contributed by atoms with Crippen LogP contribution in [0.3, 0.4) is 0 Å². The maximum atomic E-state index is 11.4. The standard InChI is InChI=1S/C19H25N3O3S/c1-4-14(3)25-12-16-8-6-7-15(9-16)11-20-22-19-21-17(13-26-19)10-18(23)24-5-2/h6-9,11,13-14H,4-5,10,12H2,1-3H3,(H,21,22). The fourth-order valence-electron chi connectivity index (χ4n) is 2.08. The lowest BCUT2D eigenvalue weighted by Gasteiger charge is -2.10. The van der Waals surface area contributed by atoms with Crippen molar-refractivity contribution >= 4 is 28.7 Å². The van der Waals surface area contributed by atoms with Crippen LogP contribution in [0.1, 0.15) is 44.0 Å². The number of ether oxygens (including phenoxy) is 2. The number of carbonyl (C=O) groups is 1. The van der Waals surface area contributed by atoms with Crippen LogP contribution in [-0.4, -0.2) is 29.9 Å². The van der Waals surface area contributed by atoms with Crippen LogP contribution in [0.25, 0.3) is 0 Å². The van der Waals surface area contributed by atoms with E-state index in [9.17, 15) is 4.79 Å². The quantitative estimate of drug-likeness (QED) is 0.386. The normalized spacial score (nSPS) is 12.3. The van der Waals surface area contributed by atoms with Crippen molar-refractivity contribution in [1.82, 2.24) is 4.98 Å². The number of rotatable bonds is 10. The molecule has 0 radical (unpaired) electrons. The number of anilines is 1. The number of benzene rings is 1. The first kappa shape index (κ1) is 20.1.